The van der Waals surface area contributed by atoms with Gasteiger partial charge in [-0.05, 0) is 61.2 Å². The van der Waals surface area contributed by atoms with Crippen LogP contribution in [0.25, 0.3) is 22.5 Å². The van der Waals surface area contributed by atoms with Gasteiger partial charge in [0.2, 0.25) is 5.95 Å². The van der Waals surface area contributed by atoms with Gasteiger partial charge in [-0.3, -0.25) is 4.79 Å². The molecule has 0 spiro atoms. The minimum Gasteiger partial charge on any atom is -0.368 e. The SMILES string of the molecule is Cc1cccc(NC(=O)Nc2cccc(-c3c(-c4ccnc(N)n4)[nH]c4c3C(=O)CCC4)c2)c1. The third-order valence-electron chi connectivity index (χ3n) is 5.80. The van der Waals surface area contributed by atoms with Gasteiger partial charge in [0.15, 0.2) is 5.78 Å². The van der Waals surface area contributed by atoms with Crippen LogP contribution in [0.1, 0.15) is 34.5 Å². The summed E-state index contributed by atoms with van der Waals surface area (Å²) in [5.74, 6) is 0.252. The molecule has 170 valence electrons. The number of urea groups is 1. The van der Waals surface area contributed by atoms with Gasteiger partial charge in [0.1, 0.15) is 0 Å². The highest BCUT2D eigenvalue weighted by Crippen LogP contribution is 2.40. The minimum absolute atomic E-state index is 0.0938. The zero-order valence-corrected chi connectivity index (χ0v) is 18.7. The highest BCUT2D eigenvalue weighted by molar-refractivity contribution is 6.08. The lowest BCUT2D eigenvalue weighted by Gasteiger charge is -2.13. The molecule has 2 aromatic carbocycles. The summed E-state index contributed by atoms with van der Waals surface area (Å²) in [6.07, 6.45) is 3.68. The number of amides is 2. The van der Waals surface area contributed by atoms with E-state index in [4.69, 9.17) is 5.73 Å². The van der Waals surface area contributed by atoms with Crippen LogP contribution in [0.4, 0.5) is 22.1 Å². The molecule has 0 atom stereocenters. The van der Waals surface area contributed by atoms with Crippen molar-refractivity contribution in [3.8, 4) is 22.5 Å². The van der Waals surface area contributed by atoms with E-state index < -0.39 is 0 Å². The average molecular weight is 453 g/mol. The third-order valence-corrected chi connectivity index (χ3v) is 5.80. The molecule has 0 aliphatic heterocycles. The van der Waals surface area contributed by atoms with Crippen molar-refractivity contribution in [3.63, 3.8) is 0 Å². The highest BCUT2D eigenvalue weighted by Gasteiger charge is 2.28. The van der Waals surface area contributed by atoms with Crippen LogP contribution in [0.3, 0.4) is 0 Å². The van der Waals surface area contributed by atoms with Gasteiger partial charge in [-0.15, -0.1) is 0 Å². The smallest absolute Gasteiger partial charge is 0.323 e. The average Bonchev–Trinajstić information content (AvgIpc) is 3.20. The number of aromatic nitrogens is 3. The van der Waals surface area contributed by atoms with E-state index in [1.165, 1.54) is 0 Å². The van der Waals surface area contributed by atoms with Crippen LogP contribution in [0.2, 0.25) is 0 Å². The van der Waals surface area contributed by atoms with E-state index in [9.17, 15) is 9.59 Å². The Balaban J connectivity index is 1.52. The Kier molecular flexibility index (Phi) is 5.55. The summed E-state index contributed by atoms with van der Waals surface area (Å²) >= 11 is 0. The van der Waals surface area contributed by atoms with E-state index in [1.54, 1.807) is 12.3 Å². The van der Waals surface area contributed by atoms with E-state index in [-0.39, 0.29) is 17.8 Å². The van der Waals surface area contributed by atoms with Crippen molar-refractivity contribution in [2.75, 3.05) is 16.4 Å². The van der Waals surface area contributed by atoms with Crippen molar-refractivity contribution >= 4 is 29.1 Å². The summed E-state index contributed by atoms with van der Waals surface area (Å²) in [6.45, 7) is 1.97. The number of Topliss-reactive ketones (excluding diaryl/α,β-unsaturated/α-hetero) is 1. The molecule has 0 saturated heterocycles. The standard InChI is InChI=1S/C26H24N6O2/c1-15-5-2-7-17(13-15)29-26(34)30-18-8-3-6-16(14-18)22-23-19(9-4-10-21(23)33)31-24(22)20-11-12-28-25(27)32-20/h2-3,5-8,11-14,31H,4,9-10H2,1H3,(H2,27,28,32)(H2,29,30,34). The molecule has 0 saturated carbocycles. The lowest BCUT2D eigenvalue weighted by atomic mass is 9.89. The number of carbonyl (C=O) groups is 2. The lowest BCUT2D eigenvalue weighted by Crippen LogP contribution is -2.19. The molecule has 8 heteroatoms. The predicted molar refractivity (Wildman–Crippen MR) is 133 cm³/mol. The molecule has 5 rings (SSSR count). The summed E-state index contributed by atoms with van der Waals surface area (Å²) < 4.78 is 0. The van der Waals surface area contributed by atoms with Crippen molar-refractivity contribution in [2.24, 2.45) is 0 Å². The van der Waals surface area contributed by atoms with Crippen LogP contribution in [-0.4, -0.2) is 26.8 Å². The quantitative estimate of drug-likeness (QED) is 0.339. The number of H-pyrrole nitrogens is 1. The molecule has 34 heavy (non-hydrogen) atoms. The molecule has 0 unspecified atom stereocenters. The molecule has 0 radical (unpaired) electrons. The highest BCUT2D eigenvalue weighted by atomic mass is 16.2. The van der Waals surface area contributed by atoms with Crippen LogP contribution in [0.5, 0.6) is 0 Å². The summed E-state index contributed by atoms with van der Waals surface area (Å²) in [6, 6.07) is 16.4. The molecule has 1 aliphatic carbocycles. The van der Waals surface area contributed by atoms with Crippen molar-refractivity contribution in [1.82, 2.24) is 15.0 Å². The van der Waals surface area contributed by atoms with Crippen molar-refractivity contribution in [1.29, 1.82) is 0 Å². The largest absolute Gasteiger partial charge is 0.368 e. The van der Waals surface area contributed by atoms with E-state index in [0.717, 1.165) is 40.9 Å². The number of rotatable bonds is 4. The second-order valence-corrected chi connectivity index (χ2v) is 8.33. The van der Waals surface area contributed by atoms with Gasteiger partial charge in [-0.2, -0.15) is 0 Å². The number of ketones is 1. The van der Waals surface area contributed by atoms with E-state index >= 15 is 0 Å². The van der Waals surface area contributed by atoms with Gasteiger partial charge in [0.05, 0.1) is 11.4 Å². The molecule has 8 nitrogen and oxygen atoms in total. The fraction of sp³-hybridized carbons (Fsp3) is 0.154. The van der Waals surface area contributed by atoms with Gasteiger partial charge >= 0.3 is 6.03 Å². The first-order valence-corrected chi connectivity index (χ1v) is 11.1. The second-order valence-electron chi connectivity index (χ2n) is 8.33. The number of fused-ring (bicyclic) bond motifs is 1. The summed E-state index contributed by atoms with van der Waals surface area (Å²) in [4.78, 5) is 37.3. The molecule has 0 fully saturated rings. The van der Waals surface area contributed by atoms with Gasteiger partial charge in [0.25, 0.3) is 0 Å². The Morgan fingerprint density at radius 1 is 1.00 bits per heavy atom. The number of aryl methyl sites for hydroxylation is 2. The van der Waals surface area contributed by atoms with Gasteiger partial charge in [0, 0.05) is 40.8 Å². The molecule has 1 aliphatic rings. The zero-order chi connectivity index (χ0) is 23.7. The molecular weight excluding hydrogens is 428 g/mol. The van der Waals surface area contributed by atoms with Crippen LogP contribution in [0, 0.1) is 6.92 Å². The Hall–Kier alpha value is -4.46. The summed E-state index contributed by atoms with van der Waals surface area (Å²) in [5.41, 5.74) is 12.7. The number of benzene rings is 2. The maximum Gasteiger partial charge on any atom is 0.323 e. The van der Waals surface area contributed by atoms with Crippen LogP contribution in [0.15, 0.2) is 60.8 Å². The number of nitrogen functional groups attached to an aromatic ring is 1. The number of carbonyl (C=O) groups excluding carboxylic acids is 2. The zero-order valence-electron chi connectivity index (χ0n) is 18.7. The molecule has 2 amide bonds. The van der Waals surface area contributed by atoms with Gasteiger partial charge in [-0.1, -0.05) is 24.3 Å². The number of anilines is 3. The molecule has 2 aromatic heterocycles. The van der Waals surface area contributed by atoms with Gasteiger partial charge < -0.3 is 21.4 Å². The Morgan fingerprint density at radius 2 is 1.76 bits per heavy atom. The number of aromatic amines is 1. The fourth-order valence-corrected chi connectivity index (χ4v) is 4.36. The fourth-order valence-electron chi connectivity index (χ4n) is 4.36. The Bertz CT molecular complexity index is 1410. The maximum atomic E-state index is 12.9. The topological polar surface area (TPSA) is 126 Å². The molecular formula is C26H24N6O2. The monoisotopic (exact) mass is 452 g/mol. The van der Waals surface area contributed by atoms with Crippen molar-refractivity contribution < 1.29 is 9.59 Å². The summed E-state index contributed by atoms with van der Waals surface area (Å²) in [5, 5.41) is 5.73. The summed E-state index contributed by atoms with van der Waals surface area (Å²) in [7, 11) is 0. The molecule has 0 bridgehead atoms. The maximum absolute atomic E-state index is 12.9. The number of nitrogens with two attached hydrogens (primary N) is 1. The second kappa shape index (κ2) is 8.82. The van der Waals surface area contributed by atoms with Crippen molar-refractivity contribution in [3.05, 3.63) is 77.6 Å². The van der Waals surface area contributed by atoms with E-state index in [2.05, 4.69) is 25.6 Å². The Labute approximate surface area is 196 Å². The number of hydrogen-bond donors (Lipinski definition) is 4. The number of hydrogen-bond acceptors (Lipinski definition) is 5. The van der Waals surface area contributed by atoms with Crippen molar-refractivity contribution in [2.45, 2.75) is 26.2 Å². The number of nitrogens with zero attached hydrogens (tertiary/aromatic N) is 2. The first-order chi connectivity index (χ1) is 16.5. The van der Waals surface area contributed by atoms with Gasteiger partial charge in [-0.25, -0.2) is 14.8 Å². The lowest BCUT2D eigenvalue weighted by molar-refractivity contribution is 0.0973. The molecule has 5 N–H and O–H groups in total. The van der Waals surface area contributed by atoms with E-state index in [0.29, 0.717) is 29.1 Å². The third kappa shape index (κ3) is 4.25. The van der Waals surface area contributed by atoms with Crippen LogP contribution < -0.4 is 16.4 Å². The Morgan fingerprint density at radius 3 is 2.53 bits per heavy atom. The molecule has 2 heterocycles. The van der Waals surface area contributed by atoms with Crippen LogP contribution in [-0.2, 0) is 6.42 Å². The van der Waals surface area contributed by atoms with E-state index in [1.807, 2.05) is 55.5 Å². The predicted octanol–water partition coefficient (Wildman–Crippen LogP) is 5.19. The first-order valence-electron chi connectivity index (χ1n) is 11.1. The minimum atomic E-state index is -0.348. The molecule has 4 aromatic rings. The first kappa shape index (κ1) is 21.4. The normalized spacial score (nSPS) is 12.8. The van der Waals surface area contributed by atoms with Crippen LogP contribution >= 0.6 is 0 Å². The number of nitrogens with one attached hydrogen (secondary N) is 3.